The highest BCUT2D eigenvalue weighted by atomic mass is 79.9. The number of hydrogen-bond donors (Lipinski definition) is 0. The van der Waals surface area contributed by atoms with E-state index < -0.39 is 0 Å². The van der Waals surface area contributed by atoms with Crippen molar-refractivity contribution in [2.45, 2.75) is 0 Å². The van der Waals surface area contributed by atoms with Crippen LogP contribution in [-0.2, 0) is 0 Å². The molecule has 0 amide bonds. The van der Waals surface area contributed by atoms with Crippen LogP contribution in [0.25, 0.3) is 11.1 Å². The minimum Gasteiger partial charge on any atom is -0.206 e. The van der Waals surface area contributed by atoms with E-state index in [0.29, 0.717) is 10.0 Å². The van der Waals surface area contributed by atoms with Gasteiger partial charge in [-0.25, -0.2) is 4.39 Å². The predicted molar refractivity (Wildman–Crippen MR) is 64.3 cm³/mol. The van der Waals surface area contributed by atoms with Gasteiger partial charge in [0.15, 0.2) is 0 Å². The topological polar surface area (TPSA) is 23.8 Å². The van der Waals surface area contributed by atoms with Gasteiger partial charge < -0.3 is 0 Å². The van der Waals surface area contributed by atoms with Crippen molar-refractivity contribution in [2.75, 3.05) is 0 Å². The van der Waals surface area contributed by atoms with Gasteiger partial charge >= 0.3 is 0 Å². The average molecular weight is 276 g/mol. The third-order valence-corrected chi connectivity index (χ3v) is 2.89. The SMILES string of the molecule is N#Cc1cccc(-c2ccc(Br)c(F)c2)c1. The highest BCUT2D eigenvalue weighted by Gasteiger charge is 2.03. The van der Waals surface area contributed by atoms with E-state index in [2.05, 4.69) is 22.0 Å². The maximum Gasteiger partial charge on any atom is 0.137 e. The van der Waals surface area contributed by atoms with Crippen molar-refractivity contribution >= 4 is 15.9 Å². The molecule has 3 heteroatoms. The third kappa shape index (κ3) is 2.12. The first-order valence-corrected chi connectivity index (χ1v) is 5.45. The van der Waals surface area contributed by atoms with Crippen molar-refractivity contribution in [3.8, 4) is 17.2 Å². The van der Waals surface area contributed by atoms with Crippen LogP contribution in [0.1, 0.15) is 5.56 Å². The molecule has 2 rings (SSSR count). The van der Waals surface area contributed by atoms with Crippen LogP contribution in [0, 0.1) is 17.1 Å². The summed E-state index contributed by atoms with van der Waals surface area (Å²) in [5.74, 6) is -0.306. The monoisotopic (exact) mass is 275 g/mol. The molecule has 0 atom stereocenters. The van der Waals surface area contributed by atoms with E-state index in [4.69, 9.17) is 5.26 Å². The van der Waals surface area contributed by atoms with Crippen LogP contribution in [0.3, 0.4) is 0 Å². The number of rotatable bonds is 1. The zero-order chi connectivity index (χ0) is 11.5. The van der Waals surface area contributed by atoms with Gasteiger partial charge in [-0.2, -0.15) is 5.26 Å². The molecule has 0 heterocycles. The van der Waals surface area contributed by atoms with Gasteiger partial charge in [-0.1, -0.05) is 18.2 Å². The summed E-state index contributed by atoms with van der Waals surface area (Å²) in [5.41, 5.74) is 2.17. The fourth-order valence-corrected chi connectivity index (χ4v) is 1.69. The van der Waals surface area contributed by atoms with E-state index in [0.717, 1.165) is 11.1 Å². The van der Waals surface area contributed by atoms with Crippen LogP contribution < -0.4 is 0 Å². The molecule has 0 unspecified atom stereocenters. The van der Waals surface area contributed by atoms with Gasteiger partial charge in [-0.3, -0.25) is 0 Å². The molecule has 0 radical (unpaired) electrons. The Morgan fingerprint density at radius 2 is 1.81 bits per heavy atom. The normalized spacial score (nSPS) is 9.81. The fourth-order valence-electron chi connectivity index (χ4n) is 1.44. The zero-order valence-electron chi connectivity index (χ0n) is 8.24. The molecule has 1 nitrogen and oxygen atoms in total. The molecule has 0 bridgehead atoms. The molecular weight excluding hydrogens is 269 g/mol. The molecule has 0 saturated carbocycles. The van der Waals surface area contributed by atoms with Gasteiger partial charge in [0.25, 0.3) is 0 Å². The lowest BCUT2D eigenvalue weighted by molar-refractivity contribution is 0.621. The molecule has 0 aliphatic carbocycles. The van der Waals surface area contributed by atoms with Gasteiger partial charge in [0.05, 0.1) is 16.1 Å². The molecule has 2 aromatic carbocycles. The maximum absolute atomic E-state index is 13.3. The van der Waals surface area contributed by atoms with Gasteiger partial charge in [0, 0.05) is 0 Å². The van der Waals surface area contributed by atoms with Crippen LogP contribution in [0.5, 0.6) is 0 Å². The summed E-state index contributed by atoms with van der Waals surface area (Å²) in [4.78, 5) is 0. The van der Waals surface area contributed by atoms with E-state index in [1.54, 1.807) is 24.3 Å². The Balaban J connectivity index is 2.51. The molecule has 0 N–H and O–H groups in total. The number of nitriles is 1. The predicted octanol–water partition coefficient (Wildman–Crippen LogP) is 4.13. The van der Waals surface area contributed by atoms with Crippen LogP contribution in [0.4, 0.5) is 4.39 Å². The zero-order valence-corrected chi connectivity index (χ0v) is 9.83. The Morgan fingerprint density at radius 3 is 2.50 bits per heavy atom. The Bertz CT molecular complexity index is 572. The van der Waals surface area contributed by atoms with Crippen molar-refractivity contribution in [1.29, 1.82) is 5.26 Å². The Hall–Kier alpha value is -1.66. The largest absolute Gasteiger partial charge is 0.206 e. The summed E-state index contributed by atoms with van der Waals surface area (Å²) in [5, 5.41) is 8.78. The quantitative estimate of drug-likeness (QED) is 0.768. The lowest BCUT2D eigenvalue weighted by Crippen LogP contribution is -1.83. The summed E-state index contributed by atoms with van der Waals surface area (Å²) in [7, 11) is 0. The van der Waals surface area contributed by atoms with Crippen LogP contribution in [0.15, 0.2) is 46.9 Å². The standard InChI is InChI=1S/C13H7BrFN/c14-12-5-4-11(7-13(12)15)10-3-1-2-9(6-10)8-16/h1-7H. The molecule has 0 saturated heterocycles. The number of halogens is 2. The molecule has 0 spiro atoms. The first kappa shape index (κ1) is 10.8. The first-order valence-electron chi connectivity index (χ1n) is 4.66. The Labute approximate surface area is 101 Å². The average Bonchev–Trinajstić information content (AvgIpc) is 2.33. The number of hydrogen-bond acceptors (Lipinski definition) is 1. The third-order valence-electron chi connectivity index (χ3n) is 2.24. The molecule has 0 aromatic heterocycles. The molecule has 0 fully saturated rings. The molecule has 16 heavy (non-hydrogen) atoms. The molecule has 2 aromatic rings. The van der Waals surface area contributed by atoms with Crippen molar-refractivity contribution in [1.82, 2.24) is 0 Å². The second-order valence-corrected chi connectivity index (χ2v) is 4.18. The van der Waals surface area contributed by atoms with Crippen molar-refractivity contribution < 1.29 is 4.39 Å². The molecule has 0 aliphatic heterocycles. The summed E-state index contributed by atoms with van der Waals surface area (Å²) in [6, 6.07) is 14.1. The van der Waals surface area contributed by atoms with E-state index in [1.807, 2.05) is 12.1 Å². The summed E-state index contributed by atoms with van der Waals surface area (Å²) < 4.78 is 13.8. The summed E-state index contributed by atoms with van der Waals surface area (Å²) in [6.07, 6.45) is 0. The van der Waals surface area contributed by atoms with Gasteiger partial charge in [-0.05, 0) is 51.3 Å². The van der Waals surface area contributed by atoms with E-state index in [9.17, 15) is 4.39 Å². The lowest BCUT2D eigenvalue weighted by atomic mass is 10.0. The summed E-state index contributed by atoms with van der Waals surface area (Å²) in [6.45, 7) is 0. The van der Waals surface area contributed by atoms with E-state index >= 15 is 0 Å². The van der Waals surface area contributed by atoms with Gasteiger partial charge in [0.1, 0.15) is 5.82 Å². The molecular formula is C13H7BrFN. The Kier molecular flexibility index (Phi) is 3.02. The maximum atomic E-state index is 13.3. The minimum absolute atomic E-state index is 0.306. The second kappa shape index (κ2) is 4.46. The Morgan fingerprint density at radius 1 is 1.06 bits per heavy atom. The highest BCUT2D eigenvalue weighted by molar-refractivity contribution is 9.10. The number of nitrogens with zero attached hydrogens (tertiary/aromatic N) is 1. The highest BCUT2D eigenvalue weighted by Crippen LogP contribution is 2.24. The molecule has 78 valence electrons. The van der Waals surface area contributed by atoms with Crippen molar-refractivity contribution in [3.05, 3.63) is 58.3 Å². The van der Waals surface area contributed by atoms with Crippen molar-refractivity contribution in [2.24, 2.45) is 0 Å². The lowest BCUT2D eigenvalue weighted by Gasteiger charge is -2.03. The smallest absolute Gasteiger partial charge is 0.137 e. The first-order chi connectivity index (χ1) is 7.70. The van der Waals surface area contributed by atoms with E-state index in [1.165, 1.54) is 6.07 Å². The molecule has 0 aliphatic rings. The van der Waals surface area contributed by atoms with Gasteiger partial charge in [-0.15, -0.1) is 0 Å². The fraction of sp³-hybridized carbons (Fsp3) is 0. The van der Waals surface area contributed by atoms with Gasteiger partial charge in [0.2, 0.25) is 0 Å². The van der Waals surface area contributed by atoms with Crippen LogP contribution in [-0.4, -0.2) is 0 Å². The van der Waals surface area contributed by atoms with Crippen LogP contribution >= 0.6 is 15.9 Å². The minimum atomic E-state index is -0.306. The van der Waals surface area contributed by atoms with Crippen LogP contribution in [0.2, 0.25) is 0 Å². The number of benzene rings is 2. The van der Waals surface area contributed by atoms with E-state index in [-0.39, 0.29) is 5.82 Å². The second-order valence-electron chi connectivity index (χ2n) is 3.32. The van der Waals surface area contributed by atoms with Crippen molar-refractivity contribution in [3.63, 3.8) is 0 Å². The summed E-state index contributed by atoms with van der Waals surface area (Å²) >= 11 is 3.10.